The molecule has 1 fully saturated rings. The minimum Gasteiger partial charge on any atom is -0.454 e. The molecule has 0 aromatic rings. The molecule has 0 aromatic heterocycles. The summed E-state index contributed by atoms with van der Waals surface area (Å²) in [6.07, 6.45) is 55.7. The third-order valence-corrected chi connectivity index (χ3v) is 16.7. The number of hydrogen-bond donors (Lipinski definition) is 6. The minimum absolute atomic E-state index is 0.132. The van der Waals surface area contributed by atoms with Crippen molar-refractivity contribution in [3.63, 3.8) is 0 Å². The van der Waals surface area contributed by atoms with Crippen LogP contribution in [0.2, 0.25) is 0 Å². The number of carbonyl (C=O) groups is 2. The Balaban J connectivity index is 2.49. The van der Waals surface area contributed by atoms with E-state index in [2.05, 4.69) is 26.1 Å². The molecule has 6 N–H and O–H groups in total. The fourth-order valence-corrected chi connectivity index (χ4v) is 11.2. The summed E-state index contributed by atoms with van der Waals surface area (Å²) in [7, 11) is 0. The van der Waals surface area contributed by atoms with E-state index in [-0.39, 0.29) is 13.0 Å². The first-order valence-electron chi connectivity index (χ1n) is 34.5. The lowest BCUT2D eigenvalue weighted by atomic mass is 9.99. The van der Waals surface area contributed by atoms with Gasteiger partial charge in [-0.25, -0.2) is 0 Å². The number of amides is 1. The largest absolute Gasteiger partial charge is 0.454 e. The molecule has 1 aliphatic rings. The van der Waals surface area contributed by atoms with Gasteiger partial charge in [-0.2, -0.15) is 0 Å². The summed E-state index contributed by atoms with van der Waals surface area (Å²) in [5, 5.41) is 57.0. The van der Waals surface area contributed by atoms with Crippen molar-refractivity contribution in [2.45, 2.75) is 397 Å². The second-order valence-electron chi connectivity index (χ2n) is 24.3. The summed E-state index contributed by atoms with van der Waals surface area (Å²) in [5.74, 6) is -1.18. The number of hydrogen-bond acceptors (Lipinski definition) is 10. The quantitative estimate of drug-likeness (QED) is 0.0195. The molecule has 0 aliphatic carbocycles. The van der Waals surface area contributed by atoms with Crippen molar-refractivity contribution in [3.05, 3.63) is 12.2 Å². The number of aliphatic hydroxyl groups excluding tert-OH is 5. The van der Waals surface area contributed by atoms with Gasteiger partial charge in [-0.05, 0) is 25.7 Å². The van der Waals surface area contributed by atoms with Gasteiger partial charge in [0.15, 0.2) is 12.4 Å². The SMILES string of the molecule is CCCCCCCCCCCCC/C=C/C(O)C(COC1OC(CO)C(O)C(O)C1OC(=O)CCCCCCCCCCCCCCCCCCCCCCCCCCCCC)NC(=O)C(O)CCCCCCCCCCCC. The van der Waals surface area contributed by atoms with Crippen LogP contribution in [0.25, 0.3) is 0 Å². The van der Waals surface area contributed by atoms with Gasteiger partial charge < -0.3 is 45.1 Å². The Hall–Kier alpha value is -1.60. The second-order valence-corrected chi connectivity index (χ2v) is 24.3. The highest BCUT2D eigenvalue weighted by Crippen LogP contribution is 2.26. The van der Waals surface area contributed by atoms with Crippen molar-refractivity contribution in [3.8, 4) is 0 Å². The maximum absolute atomic E-state index is 13.4. The van der Waals surface area contributed by atoms with Crippen LogP contribution >= 0.6 is 0 Å². The lowest BCUT2D eigenvalue weighted by molar-refractivity contribution is -0.305. The number of aliphatic hydroxyl groups is 5. The predicted octanol–water partition coefficient (Wildman–Crippen LogP) is 17.1. The number of esters is 1. The molecule has 1 rings (SSSR count). The van der Waals surface area contributed by atoms with Gasteiger partial charge in [-0.15, -0.1) is 0 Å². The average Bonchev–Trinajstić information content (AvgIpc) is 3.45. The summed E-state index contributed by atoms with van der Waals surface area (Å²) in [6.45, 7) is 5.82. The molecule has 11 nitrogen and oxygen atoms in total. The van der Waals surface area contributed by atoms with Crippen molar-refractivity contribution in [1.82, 2.24) is 5.32 Å². The van der Waals surface area contributed by atoms with Crippen molar-refractivity contribution < 1.29 is 49.3 Å². The molecule has 1 amide bonds. The molecule has 0 bridgehead atoms. The van der Waals surface area contributed by atoms with Crippen LogP contribution in [0.5, 0.6) is 0 Å². The zero-order valence-corrected chi connectivity index (χ0v) is 52.0. The number of carbonyl (C=O) groups excluding carboxylic acids is 2. The molecule has 79 heavy (non-hydrogen) atoms. The Kier molecular flexibility index (Phi) is 54.3. The number of unbranched alkanes of at least 4 members (excludes halogenated alkanes) is 46. The second kappa shape index (κ2) is 56.9. The van der Waals surface area contributed by atoms with Crippen LogP contribution in [-0.4, -0.2) is 99.6 Å². The van der Waals surface area contributed by atoms with Gasteiger partial charge in [0.1, 0.15) is 24.4 Å². The molecule has 11 heteroatoms. The normalized spacial score (nSPS) is 18.8. The van der Waals surface area contributed by atoms with E-state index in [1.165, 1.54) is 244 Å². The highest BCUT2D eigenvalue weighted by molar-refractivity contribution is 5.80. The first-order valence-corrected chi connectivity index (χ1v) is 34.5. The molecule has 468 valence electrons. The van der Waals surface area contributed by atoms with Gasteiger partial charge in [-0.1, -0.05) is 328 Å². The van der Waals surface area contributed by atoms with Crippen molar-refractivity contribution >= 4 is 11.9 Å². The van der Waals surface area contributed by atoms with Gasteiger partial charge >= 0.3 is 5.97 Å². The lowest BCUT2D eigenvalue weighted by Crippen LogP contribution is -2.61. The Morgan fingerprint density at radius 1 is 0.481 bits per heavy atom. The maximum atomic E-state index is 13.4. The molecular formula is C68H131NO10. The number of allylic oxidation sites excluding steroid dienone is 1. The number of ether oxygens (including phenoxy) is 3. The van der Waals surface area contributed by atoms with E-state index < -0.39 is 67.4 Å². The minimum atomic E-state index is -1.61. The Morgan fingerprint density at radius 3 is 1.19 bits per heavy atom. The standard InChI is InChI=1S/C68H131NO10/c1-4-7-10-13-16-19-22-24-25-26-27-28-29-30-31-32-33-34-35-36-37-39-41-44-47-50-53-56-63(73)79-66-65(75)64(74)62(57-70)78-68(66)77-58-59(60(71)54-51-48-45-43-40-38-23-20-17-14-11-8-5-2)69-67(76)61(72)55-52-49-46-42-21-18-15-12-9-6-3/h51,54,59-62,64-66,68,70-72,74-75H,4-50,52-53,55-58H2,1-3H3,(H,69,76)/b54-51+. The first kappa shape index (κ1) is 75.4. The van der Waals surface area contributed by atoms with Gasteiger partial charge in [0.25, 0.3) is 0 Å². The molecule has 8 atom stereocenters. The van der Waals surface area contributed by atoms with Crippen LogP contribution in [0.4, 0.5) is 0 Å². The highest BCUT2D eigenvalue weighted by atomic mass is 16.7. The highest BCUT2D eigenvalue weighted by Gasteiger charge is 2.47. The number of rotatable bonds is 60. The van der Waals surface area contributed by atoms with Crippen molar-refractivity contribution in [1.29, 1.82) is 0 Å². The molecule has 8 unspecified atom stereocenters. The summed E-state index contributed by atoms with van der Waals surface area (Å²) in [5.41, 5.74) is 0. The zero-order chi connectivity index (χ0) is 57.5. The Bertz CT molecular complexity index is 1340. The van der Waals surface area contributed by atoms with E-state index in [1.54, 1.807) is 6.08 Å². The van der Waals surface area contributed by atoms with E-state index in [0.717, 1.165) is 57.8 Å². The zero-order valence-electron chi connectivity index (χ0n) is 52.0. The van der Waals surface area contributed by atoms with E-state index in [0.29, 0.717) is 19.3 Å². The Labute approximate surface area is 487 Å². The molecular weight excluding hydrogens is 991 g/mol. The molecule has 1 aliphatic heterocycles. The Morgan fingerprint density at radius 2 is 0.823 bits per heavy atom. The molecule has 0 spiro atoms. The van der Waals surface area contributed by atoms with Gasteiger partial charge in [0.2, 0.25) is 5.91 Å². The maximum Gasteiger partial charge on any atom is 0.306 e. The van der Waals surface area contributed by atoms with Gasteiger partial charge in [0, 0.05) is 6.42 Å². The van der Waals surface area contributed by atoms with Crippen molar-refractivity contribution in [2.24, 2.45) is 0 Å². The monoisotopic (exact) mass is 1120 g/mol. The molecule has 1 saturated heterocycles. The first-order chi connectivity index (χ1) is 38.7. The summed E-state index contributed by atoms with van der Waals surface area (Å²) < 4.78 is 17.7. The third-order valence-electron chi connectivity index (χ3n) is 16.7. The van der Waals surface area contributed by atoms with E-state index in [1.807, 2.05) is 6.08 Å². The smallest absolute Gasteiger partial charge is 0.306 e. The van der Waals surface area contributed by atoms with Crippen LogP contribution in [0.3, 0.4) is 0 Å². The van der Waals surface area contributed by atoms with Gasteiger partial charge in [0.05, 0.1) is 25.4 Å². The average molecular weight is 1120 g/mol. The lowest BCUT2D eigenvalue weighted by Gasteiger charge is -2.41. The molecule has 0 aromatic carbocycles. The van der Waals surface area contributed by atoms with E-state index >= 15 is 0 Å². The van der Waals surface area contributed by atoms with Crippen LogP contribution in [0, 0.1) is 0 Å². The van der Waals surface area contributed by atoms with E-state index in [9.17, 15) is 35.1 Å². The summed E-state index contributed by atoms with van der Waals surface area (Å²) >= 11 is 0. The predicted molar refractivity (Wildman–Crippen MR) is 329 cm³/mol. The van der Waals surface area contributed by atoms with Gasteiger partial charge in [-0.3, -0.25) is 9.59 Å². The van der Waals surface area contributed by atoms with Crippen LogP contribution < -0.4 is 5.32 Å². The molecule has 1 heterocycles. The van der Waals surface area contributed by atoms with Crippen molar-refractivity contribution in [2.75, 3.05) is 13.2 Å². The topological polar surface area (TPSA) is 175 Å². The van der Waals surface area contributed by atoms with Crippen LogP contribution in [0.15, 0.2) is 12.2 Å². The number of nitrogens with one attached hydrogen (secondary N) is 1. The van der Waals surface area contributed by atoms with Crippen LogP contribution in [-0.2, 0) is 23.8 Å². The summed E-state index contributed by atoms with van der Waals surface area (Å²) in [4.78, 5) is 26.5. The third kappa shape index (κ3) is 44.6. The van der Waals surface area contributed by atoms with E-state index in [4.69, 9.17) is 14.2 Å². The van der Waals surface area contributed by atoms with Crippen LogP contribution in [0.1, 0.15) is 348 Å². The fraction of sp³-hybridized carbons (Fsp3) is 0.941. The summed E-state index contributed by atoms with van der Waals surface area (Å²) in [6, 6.07) is -1.02. The fourth-order valence-electron chi connectivity index (χ4n) is 11.2. The molecule has 0 radical (unpaired) electrons. The molecule has 0 saturated carbocycles.